The van der Waals surface area contributed by atoms with Crippen LogP contribution in [0.3, 0.4) is 0 Å². The molecular formula is C33H34FN5O4. The van der Waals surface area contributed by atoms with Gasteiger partial charge in [-0.05, 0) is 72.4 Å². The highest BCUT2D eigenvalue weighted by molar-refractivity contribution is 6.04. The third-order valence-corrected chi connectivity index (χ3v) is 7.47. The van der Waals surface area contributed by atoms with Gasteiger partial charge in [-0.25, -0.2) is 9.37 Å². The molecule has 0 bridgehead atoms. The minimum atomic E-state index is -0.694. The second-order valence-corrected chi connectivity index (χ2v) is 11.6. The number of halogens is 1. The molecule has 9 nitrogen and oxygen atoms in total. The molecule has 4 aromatic rings. The van der Waals surface area contributed by atoms with Crippen molar-refractivity contribution in [1.82, 2.24) is 14.9 Å². The first-order chi connectivity index (χ1) is 20.5. The van der Waals surface area contributed by atoms with Crippen molar-refractivity contribution < 1.29 is 19.1 Å². The number of nitrogens with one attached hydrogen (secondary N) is 3. The van der Waals surface area contributed by atoms with Crippen LogP contribution in [-0.2, 0) is 5.41 Å². The SMILES string of the molecule is CC(C)(C)c1ccc(C(=O)Nc2cccc(-c3c[nH]c(=O)c(Nc4ccc(C(=O)N5CCC(O)CC5)cc4)n3)c2F)cc1. The topological polar surface area (TPSA) is 127 Å². The van der Waals surface area contributed by atoms with Gasteiger partial charge in [0, 0.05) is 41.7 Å². The number of likely N-dealkylation sites (tertiary alicyclic amines) is 1. The molecule has 2 amide bonds. The second-order valence-electron chi connectivity index (χ2n) is 11.6. The Morgan fingerprint density at radius 1 is 0.977 bits per heavy atom. The highest BCUT2D eigenvalue weighted by atomic mass is 19.1. The zero-order valence-electron chi connectivity index (χ0n) is 24.3. The molecular weight excluding hydrogens is 549 g/mol. The van der Waals surface area contributed by atoms with Crippen molar-refractivity contribution in [2.24, 2.45) is 0 Å². The molecule has 0 aliphatic carbocycles. The van der Waals surface area contributed by atoms with Crippen LogP contribution in [0.4, 0.5) is 21.6 Å². The largest absolute Gasteiger partial charge is 0.393 e. The van der Waals surface area contributed by atoms with Gasteiger partial charge in [-0.3, -0.25) is 14.4 Å². The van der Waals surface area contributed by atoms with Crippen molar-refractivity contribution in [1.29, 1.82) is 0 Å². The standard InChI is InChI=1S/C33H34FN5O4/c1-33(2,3)22-11-7-20(8-12-22)30(41)38-26-6-4-5-25(28(26)34)27-19-35-31(42)29(37-27)36-23-13-9-21(10-14-23)32(43)39-17-15-24(40)16-18-39/h4-14,19,24,40H,15-18H2,1-3H3,(H,35,42)(H,36,37)(H,38,41). The third-order valence-electron chi connectivity index (χ3n) is 7.47. The van der Waals surface area contributed by atoms with Gasteiger partial charge >= 0.3 is 0 Å². The number of benzene rings is 3. The molecule has 4 N–H and O–H groups in total. The van der Waals surface area contributed by atoms with E-state index in [-0.39, 0.29) is 40.2 Å². The number of carbonyl (C=O) groups is 2. The number of anilines is 3. The average molecular weight is 584 g/mol. The van der Waals surface area contributed by atoms with Crippen LogP contribution in [-0.4, -0.2) is 51.0 Å². The maximum absolute atomic E-state index is 15.6. The number of hydrogen-bond donors (Lipinski definition) is 4. The van der Waals surface area contributed by atoms with Gasteiger partial charge in [0.2, 0.25) is 0 Å². The molecule has 1 aliphatic heterocycles. The van der Waals surface area contributed by atoms with Gasteiger partial charge in [0.15, 0.2) is 11.6 Å². The van der Waals surface area contributed by atoms with Crippen LogP contribution >= 0.6 is 0 Å². The fraction of sp³-hybridized carbons (Fsp3) is 0.273. The van der Waals surface area contributed by atoms with E-state index < -0.39 is 17.3 Å². The summed E-state index contributed by atoms with van der Waals surface area (Å²) in [4.78, 5) is 46.8. The molecule has 10 heteroatoms. The number of hydrogen-bond acceptors (Lipinski definition) is 6. The summed E-state index contributed by atoms with van der Waals surface area (Å²) in [6, 6.07) is 18.4. The zero-order valence-corrected chi connectivity index (χ0v) is 24.3. The summed E-state index contributed by atoms with van der Waals surface area (Å²) in [6.45, 7) is 7.24. The molecule has 0 saturated carbocycles. The number of carbonyl (C=O) groups excluding carboxylic acids is 2. The quantitative estimate of drug-likeness (QED) is 0.239. The van der Waals surface area contributed by atoms with Gasteiger partial charge in [0.05, 0.1) is 17.5 Å². The Morgan fingerprint density at radius 3 is 2.28 bits per heavy atom. The monoisotopic (exact) mass is 583 g/mol. The van der Waals surface area contributed by atoms with E-state index in [1.165, 1.54) is 18.3 Å². The van der Waals surface area contributed by atoms with Crippen molar-refractivity contribution in [3.63, 3.8) is 0 Å². The number of amides is 2. The van der Waals surface area contributed by atoms with Gasteiger partial charge in [0.25, 0.3) is 17.4 Å². The number of aliphatic hydroxyl groups is 1. The maximum atomic E-state index is 15.6. The Bertz CT molecular complexity index is 1690. The highest BCUT2D eigenvalue weighted by Gasteiger charge is 2.22. The molecule has 0 atom stereocenters. The molecule has 5 rings (SSSR count). The molecule has 0 radical (unpaired) electrons. The number of rotatable bonds is 6. The summed E-state index contributed by atoms with van der Waals surface area (Å²) in [5, 5.41) is 15.2. The van der Waals surface area contributed by atoms with Crippen molar-refractivity contribution in [2.45, 2.75) is 45.1 Å². The number of aliphatic hydroxyl groups excluding tert-OH is 1. The predicted molar refractivity (Wildman–Crippen MR) is 164 cm³/mol. The van der Waals surface area contributed by atoms with Crippen LogP contribution in [0, 0.1) is 5.82 Å². The van der Waals surface area contributed by atoms with E-state index in [1.807, 2.05) is 12.1 Å². The molecule has 1 saturated heterocycles. The minimum Gasteiger partial charge on any atom is -0.393 e. The maximum Gasteiger partial charge on any atom is 0.291 e. The molecule has 43 heavy (non-hydrogen) atoms. The summed E-state index contributed by atoms with van der Waals surface area (Å²) in [7, 11) is 0. The molecule has 1 aromatic heterocycles. The number of aromatic amines is 1. The molecule has 0 spiro atoms. The van der Waals surface area contributed by atoms with Crippen LogP contribution in [0.2, 0.25) is 0 Å². The van der Waals surface area contributed by atoms with Gasteiger partial charge in [-0.2, -0.15) is 0 Å². The van der Waals surface area contributed by atoms with Crippen LogP contribution < -0.4 is 16.2 Å². The third kappa shape index (κ3) is 6.81. The van der Waals surface area contributed by atoms with Gasteiger partial charge in [-0.1, -0.05) is 39.0 Å². The molecule has 1 fully saturated rings. The Kier molecular flexibility index (Phi) is 8.40. The number of aromatic nitrogens is 2. The lowest BCUT2D eigenvalue weighted by Gasteiger charge is -2.29. The molecule has 1 aliphatic rings. The normalized spacial score (nSPS) is 13.9. The van der Waals surface area contributed by atoms with Crippen molar-refractivity contribution in [3.05, 3.63) is 106 Å². The van der Waals surface area contributed by atoms with Crippen molar-refractivity contribution in [2.75, 3.05) is 23.7 Å². The number of nitrogens with zero attached hydrogens (tertiary/aromatic N) is 2. The van der Waals surface area contributed by atoms with E-state index in [2.05, 4.69) is 41.4 Å². The minimum absolute atomic E-state index is 0.0200. The van der Waals surface area contributed by atoms with Crippen LogP contribution in [0.15, 0.2) is 77.7 Å². The fourth-order valence-electron chi connectivity index (χ4n) is 4.86. The van der Waals surface area contributed by atoms with E-state index in [0.717, 1.165) is 5.56 Å². The first-order valence-corrected chi connectivity index (χ1v) is 14.1. The molecule has 222 valence electrons. The predicted octanol–water partition coefficient (Wildman–Crippen LogP) is 5.47. The van der Waals surface area contributed by atoms with Crippen molar-refractivity contribution >= 4 is 29.0 Å². The first-order valence-electron chi connectivity index (χ1n) is 14.1. The first kappa shape index (κ1) is 29.7. The Balaban J connectivity index is 1.31. The van der Waals surface area contributed by atoms with E-state index in [4.69, 9.17) is 0 Å². The molecule has 2 heterocycles. The average Bonchev–Trinajstić information content (AvgIpc) is 2.99. The van der Waals surface area contributed by atoms with Gasteiger partial charge in [0.1, 0.15) is 0 Å². The number of piperidine rings is 1. The summed E-state index contributed by atoms with van der Waals surface area (Å²) < 4.78 is 15.6. The van der Waals surface area contributed by atoms with E-state index >= 15 is 4.39 Å². The lowest BCUT2D eigenvalue weighted by Crippen LogP contribution is -2.40. The van der Waals surface area contributed by atoms with E-state index in [0.29, 0.717) is 42.7 Å². The summed E-state index contributed by atoms with van der Waals surface area (Å²) in [6.07, 6.45) is 2.04. The summed E-state index contributed by atoms with van der Waals surface area (Å²) in [5.74, 6) is -1.33. The van der Waals surface area contributed by atoms with Crippen LogP contribution in [0.1, 0.15) is 59.9 Å². The lowest BCUT2D eigenvalue weighted by atomic mass is 9.87. The molecule has 0 unspecified atom stereocenters. The zero-order chi connectivity index (χ0) is 30.7. The summed E-state index contributed by atoms with van der Waals surface area (Å²) in [5.41, 5.74) is 2.13. The van der Waals surface area contributed by atoms with E-state index in [1.54, 1.807) is 47.4 Å². The fourth-order valence-corrected chi connectivity index (χ4v) is 4.86. The smallest absolute Gasteiger partial charge is 0.291 e. The highest BCUT2D eigenvalue weighted by Crippen LogP contribution is 2.28. The Labute approximate surface area is 248 Å². The second kappa shape index (κ2) is 12.2. The lowest BCUT2D eigenvalue weighted by molar-refractivity contribution is 0.0546. The molecule has 3 aromatic carbocycles. The van der Waals surface area contributed by atoms with Crippen LogP contribution in [0.25, 0.3) is 11.3 Å². The van der Waals surface area contributed by atoms with Crippen molar-refractivity contribution in [3.8, 4) is 11.3 Å². The van der Waals surface area contributed by atoms with Gasteiger partial charge in [-0.15, -0.1) is 0 Å². The van der Waals surface area contributed by atoms with Crippen LogP contribution in [0.5, 0.6) is 0 Å². The van der Waals surface area contributed by atoms with Gasteiger partial charge < -0.3 is 25.6 Å². The van der Waals surface area contributed by atoms with E-state index in [9.17, 15) is 19.5 Å². The number of H-pyrrole nitrogens is 1. The summed E-state index contributed by atoms with van der Waals surface area (Å²) >= 11 is 0. The Hall–Kier alpha value is -4.83. The Morgan fingerprint density at radius 2 is 1.63 bits per heavy atom.